The molecule has 0 amide bonds. The Bertz CT molecular complexity index is 1170. The van der Waals surface area contributed by atoms with E-state index in [0.29, 0.717) is 29.3 Å². The van der Waals surface area contributed by atoms with Crippen molar-refractivity contribution in [3.63, 3.8) is 0 Å². The van der Waals surface area contributed by atoms with E-state index in [-0.39, 0.29) is 16.3 Å². The van der Waals surface area contributed by atoms with Crippen molar-refractivity contribution in [2.75, 3.05) is 38.1 Å². The number of aromatic carboxylic acids is 1. The number of benzene rings is 1. The molecule has 1 unspecified atom stereocenters. The summed E-state index contributed by atoms with van der Waals surface area (Å²) in [5.41, 5.74) is 0.202. The van der Waals surface area contributed by atoms with E-state index in [1.807, 2.05) is 23.4 Å². The number of anilines is 1. The van der Waals surface area contributed by atoms with Gasteiger partial charge >= 0.3 is 16.4 Å². The third kappa shape index (κ3) is 4.44. The summed E-state index contributed by atoms with van der Waals surface area (Å²) >= 11 is 1.35. The quantitative estimate of drug-likeness (QED) is 0.564. The van der Waals surface area contributed by atoms with Gasteiger partial charge in [0.1, 0.15) is 11.4 Å². The van der Waals surface area contributed by atoms with Gasteiger partial charge in [0, 0.05) is 31.6 Å². The molecule has 2 aliphatic rings. The first-order valence-corrected chi connectivity index (χ1v) is 11.1. The first-order chi connectivity index (χ1) is 13.9. The number of aromatic nitrogens is 1. The normalized spacial score (nSPS) is 19.0. The fraction of sp³-hybridized carbons (Fsp3) is 0.412. The topological polar surface area (TPSA) is 140 Å². The van der Waals surface area contributed by atoms with Gasteiger partial charge in [0.15, 0.2) is 0 Å². The molecular formula is C17H20FN3O7S2. The van der Waals surface area contributed by atoms with Gasteiger partial charge in [-0.3, -0.25) is 13.9 Å². The minimum atomic E-state index is -4.67. The molecule has 4 rings (SSSR count). The largest absolute Gasteiger partial charge is 0.477 e. The molecule has 3 N–H and O–H groups in total. The van der Waals surface area contributed by atoms with Crippen LogP contribution < -0.4 is 10.3 Å². The molecule has 3 heterocycles. The zero-order valence-electron chi connectivity index (χ0n) is 16.1. The summed E-state index contributed by atoms with van der Waals surface area (Å²) in [5, 5.41) is 9.97. The van der Waals surface area contributed by atoms with E-state index < -0.39 is 27.6 Å². The van der Waals surface area contributed by atoms with Crippen molar-refractivity contribution in [1.82, 2.24) is 9.47 Å². The summed E-state index contributed by atoms with van der Waals surface area (Å²) in [7, 11) is -2.64. The molecule has 164 valence electrons. The van der Waals surface area contributed by atoms with Gasteiger partial charge in [-0.15, -0.1) is 0 Å². The minimum absolute atomic E-state index is 0.0157. The molecule has 1 aromatic heterocycles. The second kappa shape index (κ2) is 8.15. The second-order valence-corrected chi connectivity index (χ2v) is 9.16. The predicted molar refractivity (Wildman–Crippen MR) is 110 cm³/mol. The Morgan fingerprint density at radius 1 is 1.20 bits per heavy atom. The summed E-state index contributed by atoms with van der Waals surface area (Å²) in [6.07, 6.45) is 0. The molecule has 2 aliphatic heterocycles. The van der Waals surface area contributed by atoms with E-state index in [9.17, 15) is 19.1 Å². The van der Waals surface area contributed by atoms with Crippen molar-refractivity contribution < 1.29 is 31.8 Å². The Kier molecular flexibility index (Phi) is 6.11. The number of thioether (sulfide) groups is 1. The van der Waals surface area contributed by atoms with Crippen molar-refractivity contribution in [3.05, 3.63) is 33.7 Å². The molecule has 2 aromatic rings. The number of likely N-dealkylation sites (N-methyl/N-ethyl adjacent to an activating group) is 1. The number of piperazine rings is 1. The highest BCUT2D eigenvalue weighted by Gasteiger charge is 2.33. The highest BCUT2D eigenvalue weighted by atomic mass is 32.3. The van der Waals surface area contributed by atoms with Crippen LogP contribution in [0.2, 0.25) is 0 Å². The third-order valence-electron chi connectivity index (χ3n) is 4.93. The number of rotatable bonds is 2. The maximum atomic E-state index is 14.7. The van der Waals surface area contributed by atoms with E-state index >= 15 is 0 Å². The standard InChI is InChI=1S/C17H18FN3O3S.H2O4S/c1-9-21-12-8-13(20-5-3-19(2)4-6-20)11(18)7-10(12)15(22)14(17(23)24)16(21)25-9;1-5(2,3)4/h7-9H,3-6H2,1-2H3,(H,23,24);(H2,1,2,3,4). The van der Waals surface area contributed by atoms with E-state index in [1.54, 1.807) is 6.07 Å². The molecule has 1 aromatic carbocycles. The molecule has 10 nitrogen and oxygen atoms in total. The molecular weight excluding hydrogens is 441 g/mol. The molecule has 13 heteroatoms. The Morgan fingerprint density at radius 2 is 1.77 bits per heavy atom. The molecule has 0 aliphatic carbocycles. The van der Waals surface area contributed by atoms with Crippen LogP contribution in [-0.2, 0) is 10.4 Å². The van der Waals surface area contributed by atoms with Crippen molar-refractivity contribution >= 4 is 44.7 Å². The highest BCUT2D eigenvalue weighted by molar-refractivity contribution is 8.00. The summed E-state index contributed by atoms with van der Waals surface area (Å²) in [6, 6.07) is 2.89. The minimum Gasteiger partial charge on any atom is -0.477 e. The first-order valence-electron chi connectivity index (χ1n) is 8.83. The van der Waals surface area contributed by atoms with E-state index in [0.717, 1.165) is 13.1 Å². The average Bonchev–Trinajstić information content (AvgIpc) is 2.60. The summed E-state index contributed by atoms with van der Waals surface area (Å²) in [5.74, 6) is -1.75. The van der Waals surface area contributed by atoms with Gasteiger partial charge in [0.25, 0.3) is 0 Å². The number of halogens is 1. The van der Waals surface area contributed by atoms with Crippen LogP contribution in [0.25, 0.3) is 10.9 Å². The van der Waals surface area contributed by atoms with Crippen LogP contribution in [0.1, 0.15) is 22.7 Å². The predicted octanol–water partition coefficient (Wildman–Crippen LogP) is 1.56. The Morgan fingerprint density at radius 3 is 2.27 bits per heavy atom. The van der Waals surface area contributed by atoms with Gasteiger partial charge in [-0.1, -0.05) is 11.8 Å². The van der Waals surface area contributed by atoms with Crippen molar-refractivity contribution in [3.8, 4) is 0 Å². The second-order valence-electron chi connectivity index (χ2n) is 6.96. The van der Waals surface area contributed by atoms with Crippen molar-refractivity contribution in [2.24, 2.45) is 0 Å². The fourth-order valence-electron chi connectivity index (χ4n) is 3.51. The van der Waals surface area contributed by atoms with Gasteiger partial charge in [0.2, 0.25) is 5.43 Å². The maximum absolute atomic E-state index is 14.7. The number of fused-ring (bicyclic) bond motifs is 3. The van der Waals surface area contributed by atoms with Crippen LogP contribution in [0, 0.1) is 5.82 Å². The average molecular weight is 461 g/mol. The van der Waals surface area contributed by atoms with Crippen LogP contribution in [0.3, 0.4) is 0 Å². The van der Waals surface area contributed by atoms with Gasteiger partial charge in [-0.25, -0.2) is 9.18 Å². The summed E-state index contributed by atoms with van der Waals surface area (Å²) in [6.45, 7) is 5.06. The van der Waals surface area contributed by atoms with Gasteiger partial charge in [-0.05, 0) is 26.1 Å². The number of pyridine rings is 1. The Balaban J connectivity index is 0.000000461. The highest BCUT2D eigenvalue weighted by Crippen LogP contribution is 2.46. The Hall–Kier alpha value is -2.19. The van der Waals surface area contributed by atoms with Crippen LogP contribution in [0.5, 0.6) is 0 Å². The van der Waals surface area contributed by atoms with Crippen LogP contribution in [0.4, 0.5) is 10.1 Å². The zero-order valence-corrected chi connectivity index (χ0v) is 17.7. The molecule has 30 heavy (non-hydrogen) atoms. The van der Waals surface area contributed by atoms with Gasteiger partial charge < -0.3 is 19.5 Å². The SMILES string of the molecule is CC1Sc2c(C(=O)O)c(=O)c3cc(F)c(N4CCN(C)CC4)cc3n21.O=S(=O)(O)O. The molecule has 0 radical (unpaired) electrons. The number of carboxylic acids is 1. The number of hydrogen-bond acceptors (Lipinski definition) is 7. The number of hydrogen-bond donors (Lipinski definition) is 3. The zero-order chi connectivity index (χ0) is 22.4. The maximum Gasteiger partial charge on any atom is 0.394 e. The monoisotopic (exact) mass is 461 g/mol. The van der Waals surface area contributed by atoms with E-state index in [2.05, 4.69) is 4.90 Å². The lowest BCUT2D eigenvalue weighted by molar-refractivity contribution is 0.0689. The number of nitrogens with zero attached hydrogens (tertiary/aromatic N) is 3. The molecule has 1 fully saturated rings. The number of carboxylic acid groups (broad SMARTS) is 1. The van der Waals surface area contributed by atoms with Crippen LogP contribution in [-0.4, -0.2) is 71.3 Å². The molecule has 0 spiro atoms. The van der Waals surface area contributed by atoms with Gasteiger partial charge in [0.05, 0.1) is 21.6 Å². The van der Waals surface area contributed by atoms with Crippen molar-refractivity contribution in [2.45, 2.75) is 17.3 Å². The smallest absolute Gasteiger partial charge is 0.394 e. The molecule has 0 bridgehead atoms. The third-order valence-corrected chi connectivity index (χ3v) is 6.11. The fourth-order valence-corrected chi connectivity index (χ4v) is 4.67. The summed E-state index contributed by atoms with van der Waals surface area (Å²) in [4.78, 5) is 28.2. The summed E-state index contributed by atoms with van der Waals surface area (Å²) < 4.78 is 48.1. The van der Waals surface area contributed by atoms with E-state index in [4.69, 9.17) is 17.5 Å². The van der Waals surface area contributed by atoms with Crippen LogP contribution in [0.15, 0.2) is 22.0 Å². The lowest BCUT2D eigenvalue weighted by atomic mass is 10.1. The molecule has 0 saturated carbocycles. The Labute approximate surface area is 175 Å². The lowest BCUT2D eigenvalue weighted by Crippen LogP contribution is -2.44. The van der Waals surface area contributed by atoms with Crippen molar-refractivity contribution in [1.29, 1.82) is 0 Å². The van der Waals surface area contributed by atoms with Gasteiger partial charge in [-0.2, -0.15) is 8.42 Å². The van der Waals surface area contributed by atoms with Crippen LogP contribution >= 0.6 is 11.8 Å². The number of carbonyl (C=O) groups is 1. The molecule has 1 atom stereocenters. The van der Waals surface area contributed by atoms with E-state index in [1.165, 1.54) is 17.8 Å². The molecule has 1 saturated heterocycles. The lowest BCUT2D eigenvalue weighted by Gasteiger charge is -2.36. The first kappa shape index (κ1) is 22.5.